The van der Waals surface area contributed by atoms with Crippen molar-refractivity contribution in [3.05, 3.63) is 317 Å². The summed E-state index contributed by atoms with van der Waals surface area (Å²) >= 11 is 1.26. The summed E-state index contributed by atoms with van der Waals surface area (Å²) in [6.07, 6.45) is 0. The smallest absolute Gasteiger partial charge is 0.129 e. The van der Waals surface area contributed by atoms with Gasteiger partial charge in [-0.2, -0.15) is 8.75 Å². The van der Waals surface area contributed by atoms with Crippen LogP contribution in [0.5, 0.6) is 0 Å². The zero-order valence-corrected chi connectivity index (χ0v) is 58.9. The van der Waals surface area contributed by atoms with Crippen molar-refractivity contribution in [3.63, 3.8) is 0 Å². The fraction of sp³-hybridized carbons (Fsp3) is 0.152. The van der Waals surface area contributed by atoms with Gasteiger partial charge in [0.2, 0.25) is 0 Å². The maximum absolute atomic E-state index is 5.06. The highest BCUT2D eigenvalue weighted by Crippen LogP contribution is 2.45. The molecular weight excluding hydrogens is 1210 g/mol. The molecule has 0 saturated carbocycles. The van der Waals surface area contributed by atoms with Gasteiger partial charge in [0.1, 0.15) is 11.0 Å². The number of fused-ring (bicyclic) bond motifs is 4. The van der Waals surface area contributed by atoms with E-state index < -0.39 is 0 Å². The maximum atomic E-state index is 5.06. The van der Waals surface area contributed by atoms with Crippen molar-refractivity contribution >= 4 is 78.7 Å². The van der Waals surface area contributed by atoms with Gasteiger partial charge in [-0.25, -0.2) is 0 Å². The van der Waals surface area contributed by atoms with Crippen LogP contribution in [-0.4, -0.2) is 13.3 Å². The Bertz CT molecular complexity index is 5190. The van der Waals surface area contributed by atoms with Crippen molar-refractivity contribution < 1.29 is 0 Å². The zero-order valence-electron chi connectivity index (χ0n) is 58.1. The molecule has 480 valence electrons. The summed E-state index contributed by atoms with van der Waals surface area (Å²) in [5.41, 5.74) is 36.3. The molecule has 5 nitrogen and oxygen atoms in total. The largest absolute Gasteiger partial charge is 0.311 e. The molecule has 0 bridgehead atoms. The third kappa shape index (κ3) is 12.0. The molecule has 2 aromatic heterocycles. The molecular formula is C92H81N5S. The van der Waals surface area contributed by atoms with Crippen molar-refractivity contribution in [2.24, 2.45) is 0 Å². The van der Waals surface area contributed by atoms with Gasteiger partial charge in [0.05, 0.1) is 28.4 Å². The number of anilines is 6. The van der Waals surface area contributed by atoms with Crippen molar-refractivity contribution in [3.8, 4) is 72.4 Å². The first kappa shape index (κ1) is 63.2. The van der Waals surface area contributed by atoms with Crippen LogP contribution < -0.4 is 9.80 Å². The highest BCUT2D eigenvalue weighted by Gasteiger charge is 2.24. The lowest BCUT2D eigenvalue weighted by Gasteiger charge is -2.28. The second-order valence-corrected chi connectivity index (χ2v) is 29.4. The molecule has 0 fully saturated rings. The van der Waals surface area contributed by atoms with E-state index >= 15 is 0 Å². The summed E-state index contributed by atoms with van der Waals surface area (Å²) in [5.74, 6) is 0. The fourth-order valence-electron chi connectivity index (χ4n) is 14.9. The van der Waals surface area contributed by atoms with Crippen LogP contribution >= 0.6 is 11.7 Å². The number of hydrogen-bond acceptors (Lipinski definition) is 5. The second kappa shape index (κ2) is 25.3. The highest BCUT2D eigenvalue weighted by atomic mass is 32.1. The lowest BCUT2D eigenvalue weighted by molar-refractivity contribution is 0.590. The molecule has 0 aliphatic carbocycles. The number of nitrogens with zero attached hydrogens (tertiary/aromatic N) is 5. The third-order valence-corrected chi connectivity index (χ3v) is 20.3. The Labute approximate surface area is 582 Å². The van der Waals surface area contributed by atoms with Gasteiger partial charge in [-0.1, -0.05) is 216 Å². The van der Waals surface area contributed by atoms with Crippen LogP contribution in [0.2, 0.25) is 0 Å². The van der Waals surface area contributed by atoms with Crippen LogP contribution in [0.4, 0.5) is 34.1 Å². The predicted octanol–water partition coefficient (Wildman–Crippen LogP) is 26.2. The van der Waals surface area contributed by atoms with Crippen molar-refractivity contribution in [2.75, 3.05) is 9.80 Å². The van der Waals surface area contributed by atoms with Crippen LogP contribution in [0.25, 0.3) is 105 Å². The summed E-state index contributed by atoms with van der Waals surface area (Å²) < 4.78 is 12.5. The molecule has 2 heterocycles. The van der Waals surface area contributed by atoms with Crippen molar-refractivity contribution in [1.29, 1.82) is 0 Å². The number of hydrogen-bond donors (Lipinski definition) is 0. The van der Waals surface area contributed by atoms with Crippen LogP contribution in [0, 0.1) is 41.5 Å². The Hall–Kier alpha value is -10.9. The van der Waals surface area contributed by atoms with E-state index in [0.717, 1.165) is 84.1 Å². The maximum Gasteiger partial charge on any atom is 0.129 e. The normalized spacial score (nSPS) is 11.9. The molecule has 98 heavy (non-hydrogen) atoms. The minimum atomic E-state index is 0.0598. The standard InChI is InChI=1S/C92H81N5S/c1-58-52-60(3)87(61(4)53-58)69-22-18-66(19-23-69)71-32-49-84-82(56-71)83-57-72(67-20-24-70(25-21-67)88-62(5)54-59(2)55-63(88)6)33-50-85(83)97(84)80-42-30-68(31-43-80)81-48-51-86(90-89(81)93-98-94-90)96(75-16-14-13-15-17-75)79-40-28-65(29-41-79)64-26-38-76(39-27-64)95(77-44-34-73(35-45-77)91(7,8)9)78-46-36-74(37-47-78)92(10,11)12/h13-57H,1-12H3. The minimum Gasteiger partial charge on any atom is -0.311 e. The summed E-state index contributed by atoms with van der Waals surface area (Å²) in [4.78, 5) is 4.66. The van der Waals surface area contributed by atoms with Crippen LogP contribution in [0.1, 0.15) is 86.1 Å². The molecule has 0 radical (unpaired) electrons. The van der Waals surface area contributed by atoms with E-state index in [4.69, 9.17) is 8.75 Å². The van der Waals surface area contributed by atoms with Gasteiger partial charge in [-0.05, 0) is 256 Å². The zero-order chi connectivity index (χ0) is 67.7. The van der Waals surface area contributed by atoms with Gasteiger partial charge in [0.25, 0.3) is 0 Å². The quantitative estimate of drug-likeness (QED) is 0.115. The molecule has 0 N–H and O–H groups in total. The van der Waals surface area contributed by atoms with Gasteiger partial charge in [0, 0.05) is 50.5 Å². The number of aromatic nitrogens is 3. The number of benzene rings is 13. The molecule has 0 atom stereocenters. The van der Waals surface area contributed by atoms with Crippen LogP contribution in [-0.2, 0) is 10.8 Å². The van der Waals surface area contributed by atoms with E-state index in [1.54, 1.807) is 0 Å². The Kier molecular flexibility index (Phi) is 16.3. The number of aryl methyl sites for hydroxylation is 6. The van der Waals surface area contributed by atoms with Gasteiger partial charge >= 0.3 is 0 Å². The first-order valence-electron chi connectivity index (χ1n) is 34.2. The van der Waals surface area contributed by atoms with Gasteiger partial charge < -0.3 is 14.4 Å². The second-order valence-electron chi connectivity index (χ2n) is 28.8. The van der Waals surface area contributed by atoms with E-state index in [1.807, 2.05) is 0 Å². The van der Waals surface area contributed by atoms with E-state index in [-0.39, 0.29) is 10.8 Å². The average Bonchev–Trinajstić information content (AvgIpc) is 1.58. The van der Waals surface area contributed by atoms with Gasteiger partial charge in [-0.15, -0.1) is 0 Å². The van der Waals surface area contributed by atoms with E-state index in [9.17, 15) is 0 Å². The molecule has 0 unspecified atom stereocenters. The molecule has 13 aromatic carbocycles. The van der Waals surface area contributed by atoms with E-state index in [2.05, 4.69) is 370 Å². The number of rotatable bonds is 13. The Morgan fingerprint density at radius 1 is 0.306 bits per heavy atom. The Morgan fingerprint density at radius 3 is 1.08 bits per heavy atom. The molecule has 0 saturated heterocycles. The molecule has 15 aromatic rings. The lowest BCUT2D eigenvalue weighted by Crippen LogP contribution is -2.14. The molecule has 0 aliphatic rings. The van der Waals surface area contributed by atoms with Crippen LogP contribution in [0.3, 0.4) is 0 Å². The first-order chi connectivity index (χ1) is 47.3. The summed E-state index contributed by atoms with van der Waals surface area (Å²) in [6, 6.07) is 101. The lowest BCUT2D eigenvalue weighted by atomic mass is 9.86. The van der Waals surface area contributed by atoms with Crippen molar-refractivity contribution in [2.45, 2.75) is 93.9 Å². The molecule has 0 spiro atoms. The molecule has 6 heteroatoms. The first-order valence-corrected chi connectivity index (χ1v) is 34.9. The topological polar surface area (TPSA) is 37.2 Å². The summed E-state index contributed by atoms with van der Waals surface area (Å²) in [5, 5.41) is 2.41. The summed E-state index contributed by atoms with van der Waals surface area (Å²) in [6.45, 7) is 26.8. The third-order valence-electron chi connectivity index (χ3n) is 19.8. The molecule has 15 rings (SSSR count). The predicted molar refractivity (Wildman–Crippen MR) is 420 cm³/mol. The minimum absolute atomic E-state index is 0.0598. The van der Waals surface area contributed by atoms with Gasteiger partial charge in [-0.3, -0.25) is 0 Å². The van der Waals surface area contributed by atoms with Gasteiger partial charge in [0.15, 0.2) is 0 Å². The Morgan fingerprint density at radius 2 is 0.653 bits per heavy atom. The van der Waals surface area contributed by atoms with E-state index in [0.29, 0.717) is 0 Å². The molecule has 0 amide bonds. The fourth-order valence-corrected chi connectivity index (χ4v) is 15.5. The summed E-state index contributed by atoms with van der Waals surface area (Å²) in [7, 11) is 0. The Balaban J connectivity index is 0.750. The monoisotopic (exact) mass is 1290 g/mol. The molecule has 0 aliphatic heterocycles. The average molecular weight is 1290 g/mol. The SMILES string of the molecule is Cc1cc(C)c(-c2ccc(-c3ccc4c(c3)c3cc(-c5ccc(-c6c(C)cc(C)cc6C)cc5)ccc3n4-c3ccc(-c4ccc(N(c5ccccc5)c5ccc(-c6ccc(N(c7ccc(C(C)(C)C)cc7)c7ccc(C(C)(C)C)cc7)cc6)cc5)c5nsnc45)cc3)cc2)c(C)c1. The van der Waals surface area contributed by atoms with E-state index in [1.165, 1.54) is 112 Å². The van der Waals surface area contributed by atoms with Crippen molar-refractivity contribution in [1.82, 2.24) is 13.3 Å². The highest BCUT2D eigenvalue weighted by molar-refractivity contribution is 7.00. The number of para-hydroxylation sites is 1. The van der Waals surface area contributed by atoms with Crippen LogP contribution in [0.15, 0.2) is 273 Å².